The third-order valence-electron chi connectivity index (χ3n) is 3.44. The van der Waals surface area contributed by atoms with E-state index in [1.54, 1.807) is 14.2 Å². The summed E-state index contributed by atoms with van der Waals surface area (Å²) in [5.41, 5.74) is 3.15. The Morgan fingerprint density at radius 2 is 1.81 bits per heavy atom. The molecular formula is C17H15NO3. The van der Waals surface area contributed by atoms with Gasteiger partial charge in [0.2, 0.25) is 0 Å². The molecule has 4 nitrogen and oxygen atoms in total. The fraction of sp³-hybridized carbons (Fsp3) is 0.118. The molecule has 0 saturated carbocycles. The quantitative estimate of drug-likeness (QED) is 0.879. The minimum absolute atomic E-state index is 0.110. The smallest absolute Gasteiger partial charge is 0.256 e. The van der Waals surface area contributed by atoms with Crippen LogP contribution in [0.5, 0.6) is 11.5 Å². The number of para-hydroxylation sites is 2. The fourth-order valence-corrected chi connectivity index (χ4v) is 2.46. The molecular weight excluding hydrogens is 266 g/mol. The van der Waals surface area contributed by atoms with E-state index in [9.17, 15) is 4.79 Å². The highest BCUT2D eigenvalue weighted by Gasteiger charge is 2.24. The first kappa shape index (κ1) is 13.2. The molecule has 0 saturated heterocycles. The van der Waals surface area contributed by atoms with E-state index in [-0.39, 0.29) is 5.91 Å². The molecule has 1 aliphatic rings. The van der Waals surface area contributed by atoms with Crippen molar-refractivity contribution < 1.29 is 14.3 Å². The van der Waals surface area contributed by atoms with Crippen LogP contribution in [-0.4, -0.2) is 20.1 Å². The lowest BCUT2D eigenvalue weighted by Crippen LogP contribution is -2.03. The van der Waals surface area contributed by atoms with Gasteiger partial charge in [0.1, 0.15) is 0 Å². The summed E-state index contributed by atoms with van der Waals surface area (Å²) >= 11 is 0. The van der Waals surface area contributed by atoms with E-state index >= 15 is 0 Å². The monoisotopic (exact) mass is 281 g/mol. The summed E-state index contributed by atoms with van der Waals surface area (Å²) in [6.07, 6.45) is 1.82. The van der Waals surface area contributed by atoms with E-state index in [1.807, 2.05) is 48.5 Å². The lowest BCUT2D eigenvalue weighted by Gasteiger charge is -2.10. The van der Waals surface area contributed by atoms with Crippen LogP contribution in [0.25, 0.3) is 11.6 Å². The van der Waals surface area contributed by atoms with Crippen LogP contribution in [0.2, 0.25) is 0 Å². The maximum Gasteiger partial charge on any atom is 0.256 e. The Bertz CT molecular complexity index is 735. The van der Waals surface area contributed by atoms with Gasteiger partial charge in [-0.25, -0.2) is 0 Å². The number of nitrogens with one attached hydrogen (secondary N) is 1. The van der Waals surface area contributed by atoms with Gasteiger partial charge in [-0.3, -0.25) is 4.79 Å². The molecule has 1 aliphatic heterocycles. The van der Waals surface area contributed by atoms with Crippen molar-refractivity contribution in [1.82, 2.24) is 0 Å². The largest absolute Gasteiger partial charge is 0.493 e. The van der Waals surface area contributed by atoms with Gasteiger partial charge in [-0.2, -0.15) is 0 Å². The van der Waals surface area contributed by atoms with Gasteiger partial charge < -0.3 is 14.8 Å². The Labute approximate surface area is 123 Å². The van der Waals surface area contributed by atoms with Crippen molar-refractivity contribution in [3.8, 4) is 11.5 Å². The molecule has 1 N–H and O–H groups in total. The number of fused-ring (bicyclic) bond motifs is 1. The minimum Gasteiger partial charge on any atom is -0.493 e. The topological polar surface area (TPSA) is 47.6 Å². The average Bonchev–Trinajstić information content (AvgIpc) is 2.83. The van der Waals surface area contributed by atoms with Crippen LogP contribution >= 0.6 is 0 Å². The summed E-state index contributed by atoms with van der Waals surface area (Å²) in [4.78, 5) is 12.1. The first-order valence-electron chi connectivity index (χ1n) is 6.58. The van der Waals surface area contributed by atoms with E-state index in [0.29, 0.717) is 17.1 Å². The number of amides is 1. The Kier molecular flexibility index (Phi) is 3.36. The van der Waals surface area contributed by atoms with Crippen LogP contribution in [0.1, 0.15) is 11.1 Å². The molecule has 0 unspecified atom stereocenters. The summed E-state index contributed by atoms with van der Waals surface area (Å²) in [5, 5.41) is 2.85. The first-order chi connectivity index (χ1) is 10.2. The molecule has 0 atom stereocenters. The molecule has 4 heteroatoms. The zero-order chi connectivity index (χ0) is 14.8. The van der Waals surface area contributed by atoms with Crippen LogP contribution < -0.4 is 14.8 Å². The highest BCUT2D eigenvalue weighted by atomic mass is 16.5. The second-order valence-electron chi connectivity index (χ2n) is 4.64. The summed E-state index contributed by atoms with van der Waals surface area (Å²) in [6, 6.07) is 13.2. The van der Waals surface area contributed by atoms with Crippen LogP contribution in [0.15, 0.2) is 42.5 Å². The van der Waals surface area contributed by atoms with Crippen molar-refractivity contribution in [3.05, 3.63) is 53.6 Å². The number of carbonyl (C=O) groups excluding carboxylic acids is 1. The van der Waals surface area contributed by atoms with Gasteiger partial charge in [-0.15, -0.1) is 0 Å². The molecule has 0 aliphatic carbocycles. The molecule has 0 bridgehead atoms. The molecule has 0 aromatic heterocycles. The van der Waals surface area contributed by atoms with Crippen molar-refractivity contribution in [2.24, 2.45) is 0 Å². The summed E-state index contributed by atoms with van der Waals surface area (Å²) in [6.45, 7) is 0. The molecule has 0 radical (unpaired) electrons. The highest BCUT2D eigenvalue weighted by Crippen LogP contribution is 2.37. The van der Waals surface area contributed by atoms with Crippen molar-refractivity contribution >= 4 is 23.2 Å². The second-order valence-corrected chi connectivity index (χ2v) is 4.64. The highest BCUT2D eigenvalue weighted by molar-refractivity contribution is 6.35. The number of methoxy groups -OCH3 is 2. The number of carbonyl (C=O) groups is 1. The minimum atomic E-state index is -0.110. The molecule has 21 heavy (non-hydrogen) atoms. The van der Waals surface area contributed by atoms with E-state index in [0.717, 1.165) is 16.8 Å². The van der Waals surface area contributed by atoms with Gasteiger partial charge in [0, 0.05) is 22.4 Å². The number of hydrogen-bond donors (Lipinski definition) is 1. The third-order valence-corrected chi connectivity index (χ3v) is 3.44. The number of hydrogen-bond acceptors (Lipinski definition) is 3. The predicted molar refractivity (Wildman–Crippen MR) is 82.5 cm³/mol. The van der Waals surface area contributed by atoms with Crippen molar-refractivity contribution in [2.75, 3.05) is 19.5 Å². The Hall–Kier alpha value is -2.75. The van der Waals surface area contributed by atoms with E-state index in [2.05, 4.69) is 5.32 Å². The molecule has 2 aromatic rings. The van der Waals surface area contributed by atoms with Crippen LogP contribution in [0.4, 0.5) is 5.69 Å². The third kappa shape index (κ3) is 2.25. The van der Waals surface area contributed by atoms with Gasteiger partial charge in [-0.1, -0.05) is 30.3 Å². The molecule has 106 valence electrons. The standard InChI is InChI=1S/C17H15NO3/c1-20-15-9-5-6-11(16(15)21-2)10-13-12-7-3-4-8-14(12)18-17(13)19/h3-10H,1-2H3,(H,18,19). The zero-order valence-corrected chi connectivity index (χ0v) is 11.8. The first-order valence-corrected chi connectivity index (χ1v) is 6.58. The van der Waals surface area contributed by atoms with E-state index in [4.69, 9.17) is 9.47 Å². The SMILES string of the molecule is COc1cccc(C=C2C(=O)Nc3ccccc32)c1OC. The molecule has 1 heterocycles. The average molecular weight is 281 g/mol. The van der Waals surface area contributed by atoms with Crippen molar-refractivity contribution in [2.45, 2.75) is 0 Å². The van der Waals surface area contributed by atoms with Gasteiger partial charge in [0.25, 0.3) is 5.91 Å². The van der Waals surface area contributed by atoms with Crippen LogP contribution in [0, 0.1) is 0 Å². The van der Waals surface area contributed by atoms with Crippen LogP contribution in [-0.2, 0) is 4.79 Å². The number of anilines is 1. The maximum absolute atomic E-state index is 12.1. The summed E-state index contributed by atoms with van der Waals surface area (Å²) < 4.78 is 10.7. The Morgan fingerprint density at radius 3 is 2.57 bits per heavy atom. The van der Waals surface area contributed by atoms with Gasteiger partial charge in [-0.05, 0) is 18.2 Å². The second kappa shape index (κ2) is 5.32. The molecule has 0 fully saturated rings. The predicted octanol–water partition coefficient (Wildman–Crippen LogP) is 3.20. The summed E-state index contributed by atoms with van der Waals surface area (Å²) in [5.74, 6) is 1.14. The molecule has 2 aromatic carbocycles. The summed E-state index contributed by atoms with van der Waals surface area (Å²) in [7, 11) is 3.18. The normalized spacial score (nSPS) is 14.8. The lowest BCUT2D eigenvalue weighted by atomic mass is 10.0. The molecule has 3 rings (SSSR count). The lowest BCUT2D eigenvalue weighted by molar-refractivity contribution is -0.110. The van der Waals surface area contributed by atoms with Gasteiger partial charge in [0.15, 0.2) is 11.5 Å². The molecule has 1 amide bonds. The van der Waals surface area contributed by atoms with Crippen molar-refractivity contribution in [1.29, 1.82) is 0 Å². The Balaban J connectivity index is 2.13. The van der Waals surface area contributed by atoms with Crippen LogP contribution in [0.3, 0.4) is 0 Å². The van der Waals surface area contributed by atoms with E-state index < -0.39 is 0 Å². The van der Waals surface area contributed by atoms with Gasteiger partial charge in [0.05, 0.1) is 14.2 Å². The Morgan fingerprint density at radius 1 is 1.00 bits per heavy atom. The fourth-order valence-electron chi connectivity index (χ4n) is 2.46. The number of benzene rings is 2. The van der Waals surface area contributed by atoms with Crippen molar-refractivity contribution in [3.63, 3.8) is 0 Å². The van der Waals surface area contributed by atoms with E-state index in [1.165, 1.54) is 0 Å². The molecule has 0 spiro atoms. The van der Waals surface area contributed by atoms with Gasteiger partial charge >= 0.3 is 0 Å². The maximum atomic E-state index is 12.1. The number of ether oxygens (including phenoxy) is 2. The zero-order valence-electron chi connectivity index (χ0n) is 11.8. The number of rotatable bonds is 3.